The normalized spacial score (nSPS) is 31.2. The van der Waals surface area contributed by atoms with Crippen LogP contribution in [0, 0.1) is 16.7 Å². The van der Waals surface area contributed by atoms with Crippen LogP contribution in [0.25, 0.3) is 0 Å². The highest BCUT2D eigenvalue weighted by Crippen LogP contribution is 2.62. The highest BCUT2D eigenvalue weighted by atomic mass is 15.1. The third-order valence-corrected chi connectivity index (χ3v) is 2.99. The number of guanidine groups is 1. The Hall–Kier alpha value is -0.730. The molecule has 13 heavy (non-hydrogen) atoms. The monoisotopic (exact) mass is 183 g/mol. The maximum atomic E-state index is 5.39. The van der Waals surface area contributed by atoms with Crippen molar-refractivity contribution in [2.45, 2.75) is 40.7 Å². The van der Waals surface area contributed by atoms with Gasteiger partial charge in [0.05, 0.1) is 6.04 Å². The van der Waals surface area contributed by atoms with Crippen molar-refractivity contribution in [1.29, 1.82) is 0 Å². The van der Waals surface area contributed by atoms with Crippen molar-refractivity contribution >= 4 is 5.96 Å². The summed E-state index contributed by atoms with van der Waals surface area (Å²) in [7, 11) is 0. The number of nitrogens with zero attached hydrogens (tertiary/aromatic N) is 1. The largest absolute Gasteiger partial charge is 0.370 e. The second-order valence-corrected chi connectivity index (χ2v) is 5.66. The molecular weight excluding hydrogens is 162 g/mol. The third kappa shape index (κ3) is 1.79. The Bertz CT molecular complexity index is 231. The van der Waals surface area contributed by atoms with Gasteiger partial charge in [-0.1, -0.05) is 34.6 Å². The first-order valence-corrected chi connectivity index (χ1v) is 4.76. The van der Waals surface area contributed by atoms with Crippen molar-refractivity contribution in [2.24, 2.45) is 33.2 Å². The molecule has 0 aromatic heterocycles. The van der Waals surface area contributed by atoms with Gasteiger partial charge in [0.25, 0.3) is 0 Å². The average Bonchev–Trinajstić information content (AvgIpc) is 2.29. The SMILES string of the molecule is CC(C)(C)C1C(N=C(N)N)C1(C)C. The van der Waals surface area contributed by atoms with Crippen molar-refractivity contribution in [3.63, 3.8) is 0 Å². The summed E-state index contributed by atoms with van der Waals surface area (Å²) in [6, 6.07) is 0.303. The number of hydrogen-bond donors (Lipinski definition) is 2. The van der Waals surface area contributed by atoms with Gasteiger partial charge >= 0.3 is 0 Å². The fraction of sp³-hybridized carbons (Fsp3) is 0.900. The number of rotatable bonds is 1. The molecule has 1 aliphatic rings. The number of hydrogen-bond acceptors (Lipinski definition) is 1. The first kappa shape index (κ1) is 10.4. The van der Waals surface area contributed by atoms with Crippen LogP contribution in [0.4, 0.5) is 0 Å². The van der Waals surface area contributed by atoms with Crippen LogP contribution in [-0.4, -0.2) is 12.0 Å². The maximum Gasteiger partial charge on any atom is 0.186 e. The molecule has 0 aromatic carbocycles. The standard InChI is InChI=1S/C10H21N3/c1-9(2,3)6-7(10(6,4)5)13-8(11)12/h6-7H,1-5H3,(H4,11,12,13). The van der Waals surface area contributed by atoms with E-state index in [0.29, 0.717) is 12.0 Å². The smallest absolute Gasteiger partial charge is 0.186 e. The predicted octanol–water partition coefficient (Wildman–Crippen LogP) is 1.33. The van der Waals surface area contributed by atoms with Crippen LogP contribution >= 0.6 is 0 Å². The van der Waals surface area contributed by atoms with Gasteiger partial charge in [-0.3, -0.25) is 0 Å². The minimum atomic E-state index is 0.213. The Morgan fingerprint density at radius 3 is 1.92 bits per heavy atom. The number of nitrogens with two attached hydrogens (primary N) is 2. The van der Waals surface area contributed by atoms with Crippen LogP contribution in [0.3, 0.4) is 0 Å². The van der Waals surface area contributed by atoms with Gasteiger partial charge < -0.3 is 11.5 Å². The molecule has 4 N–H and O–H groups in total. The van der Waals surface area contributed by atoms with Crippen LogP contribution < -0.4 is 11.5 Å². The van der Waals surface area contributed by atoms with E-state index in [4.69, 9.17) is 11.5 Å². The third-order valence-electron chi connectivity index (χ3n) is 2.99. The Morgan fingerprint density at radius 2 is 1.69 bits per heavy atom. The molecule has 76 valence electrons. The molecule has 1 fully saturated rings. The lowest BCUT2D eigenvalue weighted by molar-refractivity contribution is 0.299. The van der Waals surface area contributed by atoms with Crippen molar-refractivity contribution in [2.75, 3.05) is 0 Å². The first-order valence-electron chi connectivity index (χ1n) is 4.76. The molecule has 0 aliphatic heterocycles. The van der Waals surface area contributed by atoms with Crippen molar-refractivity contribution < 1.29 is 0 Å². The highest BCUT2D eigenvalue weighted by molar-refractivity contribution is 5.76. The maximum absolute atomic E-state index is 5.39. The molecule has 3 nitrogen and oxygen atoms in total. The Balaban J connectivity index is 2.79. The summed E-state index contributed by atoms with van der Waals surface area (Å²) in [6.45, 7) is 11.2. The Labute approximate surface area is 80.6 Å². The predicted molar refractivity (Wildman–Crippen MR) is 56.3 cm³/mol. The molecule has 1 aliphatic carbocycles. The summed E-state index contributed by atoms with van der Waals surface area (Å²) < 4.78 is 0. The van der Waals surface area contributed by atoms with Gasteiger partial charge in [0.15, 0.2) is 5.96 Å². The van der Waals surface area contributed by atoms with Crippen LogP contribution in [0.15, 0.2) is 4.99 Å². The lowest BCUT2D eigenvalue weighted by Crippen LogP contribution is -2.24. The van der Waals surface area contributed by atoms with Gasteiger partial charge in [0.1, 0.15) is 0 Å². The van der Waals surface area contributed by atoms with E-state index in [0.717, 1.165) is 0 Å². The summed E-state index contributed by atoms with van der Waals surface area (Å²) >= 11 is 0. The van der Waals surface area contributed by atoms with Gasteiger partial charge in [0, 0.05) is 0 Å². The van der Waals surface area contributed by atoms with Crippen LogP contribution in [0.5, 0.6) is 0 Å². The summed E-state index contributed by atoms with van der Waals surface area (Å²) in [5.74, 6) is 0.798. The molecule has 1 saturated carbocycles. The molecular formula is C10H21N3. The summed E-state index contributed by atoms with van der Waals surface area (Å²) in [4.78, 5) is 4.26. The van der Waals surface area contributed by atoms with Crippen molar-refractivity contribution in [1.82, 2.24) is 0 Å². The van der Waals surface area contributed by atoms with E-state index < -0.39 is 0 Å². The zero-order valence-corrected chi connectivity index (χ0v) is 9.26. The molecule has 0 radical (unpaired) electrons. The van der Waals surface area contributed by atoms with E-state index in [1.807, 2.05) is 0 Å². The average molecular weight is 183 g/mol. The van der Waals surface area contributed by atoms with E-state index in [9.17, 15) is 0 Å². The molecule has 0 saturated heterocycles. The summed E-state index contributed by atoms with van der Waals surface area (Å²) in [6.07, 6.45) is 0. The zero-order valence-electron chi connectivity index (χ0n) is 9.26. The molecule has 0 amide bonds. The van der Waals surface area contributed by atoms with E-state index in [1.54, 1.807) is 0 Å². The zero-order chi connectivity index (χ0) is 10.4. The van der Waals surface area contributed by atoms with E-state index in [2.05, 4.69) is 39.6 Å². The summed E-state index contributed by atoms with van der Waals surface area (Å²) in [5, 5.41) is 0. The van der Waals surface area contributed by atoms with E-state index in [-0.39, 0.29) is 16.8 Å². The van der Waals surface area contributed by atoms with Crippen LogP contribution in [0.1, 0.15) is 34.6 Å². The molecule has 3 heteroatoms. The molecule has 0 spiro atoms. The Kier molecular flexibility index (Phi) is 2.09. The van der Waals surface area contributed by atoms with Gasteiger partial charge in [0.2, 0.25) is 0 Å². The highest BCUT2D eigenvalue weighted by Gasteiger charge is 2.62. The number of aliphatic imine (C=N–C) groups is 1. The van der Waals surface area contributed by atoms with E-state index in [1.165, 1.54) is 0 Å². The lowest BCUT2D eigenvalue weighted by atomic mass is 9.86. The van der Waals surface area contributed by atoms with Crippen molar-refractivity contribution in [3.8, 4) is 0 Å². The van der Waals surface area contributed by atoms with Gasteiger partial charge in [-0.15, -0.1) is 0 Å². The van der Waals surface area contributed by atoms with Crippen LogP contribution in [0.2, 0.25) is 0 Å². The van der Waals surface area contributed by atoms with Crippen LogP contribution in [-0.2, 0) is 0 Å². The molecule has 2 unspecified atom stereocenters. The summed E-state index contributed by atoms with van der Waals surface area (Å²) in [5.41, 5.74) is 11.3. The lowest BCUT2D eigenvalue weighted by Gasteiger charge is -2.19. The topological polar surface area (TPSA) is 64.4 Å². The second-order valence-electron chi connectivity index (χ2n) is 5.66. The Morgan fingerprint density at radius 1 is 1.23 bits per heavy atom. The fourth-order valence-electron chi connectivity index (χ4n) is 2.60. The van der Waals surface area contributed by atoms with Crippen molar-refractivity contribution in [3.05, 3.63) is 0 Å². The second kappa shape index (κ2) is 2.63. The van der Waals surface area contributed by atoms with Gasteiger partial charge in [-0.05, 0) is 16.7 Å². The van der Waals surface area contributed by atoms with Gasteiger partial charge in [-0.2, -0.15) is 0 Å². The molecule has 2 atom stereocenters. The quantitative estimate of drug-likeness (QED) is 0.476. The van der Waals surface area contributed by atoms with E-state index >= 15 is 0 Å². The molecule has 0 aromatic rings. The first-order chi connectivity index (χ1) is 5.67. The minimum absolute atomic E-state index is 0.213. The molecule has 0 heterocycles. The van der Waals surface area contributed by atoms with Gasteiger partial charge in [-0.25, -0.2) is 4.99 Å². The molecule has 0 bridgehead atoms. The fourth-order valence-corrected chi connectivity index (χ4v) is 2.60. The molecule has 1 rings (SSSR count). The minimum Gasteiger partial charge on any atom is -0.370 e.